The Morgan fingerprint density at radius 3 is 2.62 bits per heavy atom. The molecule has 2 aliphatic heterocycles. The Bertz CT molecular complexity index is 1130. The standard InChI is InChI=1S/C22H27N3O6S/c1-4-30-21(28)14-7-10-24(11-8-14)19(26)13(3)31-22(29)17-12(2)16-18(32-17)23-15-6-5-9-25(15)20(16)27/h13-14H,4-11H2,1-3H3/t13-/m0/s1. The Labute approximate surface area is 189 Å². The van der Waals surface area contributed by atoms with Crippen LogP contribution >= 0.6 is 11.3 Å². The van der Waals surface area contributed by atoms with Crippen LogP contribution in [0.3, 0.4) is 0 Å². The van der Waals surface area contributed by atoms with Gasteiger partial charge in [-0.25, -0.2) is 9.78 Å². The number of likely N-dealkylation sites (tertiary alicyclic amines) is 1. The van der Waals surface area contributed by atoms with Crippen LogP contribution in [-0.2, 0) is 32.0 Å². The van der Waals surface area contributed by atoms with Crippen molar-refractivity contribution in [2.45, 2.75) is 59.1 Å². The summed E-state index contributed by atoms with van der Waals surface area (Å²) in [5.74, 6) is -0.603. The Kier molecular flexibility index (Phi) is 6.32. The van der Waals surface area contributed by atoms with E-state index in [9.17, 15) is 19.2 Å². The predicted octanol–water partition coefficient (Wildman–Crippen LogP) is 2.06. The zero-order valence-corrected chi connectivity index (χ0v) is 19.3. The van der Waals surface area contributed by atoms with Gasteiger partial charge in [0.05, 0.1) is 17.9 Å². The van der Waals surface area contributed by atoms with E-state index in [1.54, 1.807) is 30.2 Å². The third-order valence-corrected chi connectivity index (χ3v) is 7.32. The van der Waals surface area contributed by atoms with Crippen LogP contribution < -0.4 is 5.56 Å². The first-order chi connectivity index (χ1) is 15.3. The van der Waals surface area contributed by atoms with Gasteiger partial charge in [-0.1, -0.05) is 0 Å². The number of aromatic nitrogens is 2. The second kappa shape index (κ2) is 9.01. The normalized spacial score (nSPS) is 17.3. The highest BCUT2D eigenvalue weighted by atomic mass is 32.1. The summed E-state index contributed by atoms with van der Waals surface area (Å²) >= 11 is 1.13. The summed E-state index contributed by atoms with van der Waals surface area (Å²) < 4.78 is 12.2. The molecule has 2 aromatic heterocycles. The molecular weight excluding hydrogens is 434 g/mol. The van der Waals surface area contributed by atoms with E-state index in [4.69, 9.17) is 9.47 Å². The molecule has 32 heavy (non-hydrogen) atoms. The van der Waals surface area contributed by atoms with Gasteiger partial charge in [-0.3, -0.25) is 19.0 Å². The lowest BCUT2D eigenvalue weighted by atomic mass is 9.97. The van der Waals surface area contributed by atoms with Crippen LogP contribution in [0, 0.1) is 12.8 Å². The van der Waals surface area contributed by atoms with Gasteiger partial charge in [-0.15, -0.1) is 11.3 Å². The largest absolute Gasteiger partial charge is 0.466 e. The smallest absolute Gasteiger partial charge is 0.349 e. The van der Waals surface area contributed by atoms with Crippen molar-refractivity contribution in [2.24, 2.45) is 5.92 Å². The molecule has 1 fully saturated rings. The zero-order chi connectivity index (χ0) is 23.0. The van der Waals surface area contributed by atoms with E-state index < -0.39 is 12.1 Å². The monoisotopic (exact) mass is 461 g/mol. The number of hydrogen-bond acceptors (Lipinski definition) is 8. The van der Waals surface area contributed by atoms with Crippen LogP contribution in [0.5, 0.6) is 0 Å². The van der Waals surface area contributed by atoms with E-state index in [0.717, 1.165) is 30.0 Å². The molecule has 10 heteroatoms. The maximum atomic E-state index is 12.8. The first-order valence-electron chi connectivity index (χ1n) is 11.0. The molecule has 0 radical (unpaired) electrons. The number of piperidine rings is 1. The second-order valence-corrected chi connectivity index (χ2v) is 9.22. The minimum absolute atomic E-state index is 0.121. The number of thiophene rings is 1. The molecule has 0 unspecified atom stereocenters. The molecule has 0 saturated carbocycles. The summed E-state index contributed by atoms with van der Waals surface area (Å²) in [5.41, 5.74) is 0.425. The molecule has 9 nitrogen and oxygen atoms in total. The lowest BCUT2D eigenvalue weighted by Crippen LogP contribution is -2.45. The van der Waals surface area contributed by atoms with Gasteiger partial charge in [0, 0.05) is 26.1 Å². The number of esters is 2. The van der Waals surface area contributed by atoms with Gasteiger partial charge < -0.3 is 14.4 Å². The molecular formula is C22H27N3O6S. The quantitative estimate of drug-likeness (QED) is 0.627. The molecule has 1 saturated heterocycles. The van der Waals surface area contributed by atoms with E-state index in [-0.39, 0.29) is 23.4 Å². The lowest BCUT2D eigenvalue weighted by Gasteiger charge is -2.32. The van der Waals surface area contributed by atoms with Crippen LogP contribution in [-0.4, -0.2) is 58.1 Å². The van der Waals surface area contributed by atoms with Crippen LogP contribution in [0.1, 0.15) is 54.2 Å². The van der Waals surface area contributed by atoms with Gasteiger partial charge in [-0.2, -0.15) is 0 Å². The van der Waals surface area contributed by atoms with Crippen LogP contribution in [0.4, 0.5) is 0 Å². The van der Waals surface area contributed by atoms with Gasteiger partial charge in [0.25, 0.3) is 11.5 Å². The Hall–Kier alpha value is -2.75. The zero-order valence-electron chi connectivity index (χ0n) is 18.5. The van der Waals surface area contributed by atoms with E-state index in [2.05, 4.69) is 4.98 Å². The third kappa shape index (κ3) is 4.03. The number of hydrogen-bond donors (Lipinski definition) is 0. The van der Waals surface area contributed by atoms with Gasteiger partial charge in [0.2, 0.25) is 0 Å². The number of ether oxygens (including phenoxy) is 2. The number of carbonyl (C=O) groups is 3. The minimum atomic E-state index is -0.967. The van der Waals surface area contributed by atoms with Gasteiger partial charge in [-0.05, 0) is 45.6 Å². The van der Waals surface area contributed by atoms with E-state index in [0.29, 0.717) is 59.7 Å². The summed E-state index contributed by atoms with van der Waals surface area (Å²) in [6.45, 7) is 6.84. The molecule has 4 rings (SSSR count). The first-order valence-corrected chi connectivity index (χ1v) is 11.8. The topological polar surface area (TPSA) is 108 Å². The van der Waals surface area contributed by atoms with Crippen LogP contribution in [0.15, 0.2) is 4.79 Å². The van der Waals surface area contributed by atoms with Crippen molar-refractivity contribution in [2.75, 3.05) is 19.7 Å². The predicted molar refractivity (Wildman–Crippen MR) is 118 cm³/mol. The summed E-state index contributed by atoms with van der Waals surface area (Å²) in [4.78, 5) is 57.3. The molecule has 1 atom stereocenters. The first kappa shape index (κ1) is 22.4. The van der Waals surface area contributed by atoms with E-state index in [1.165, 1.54) is 0 Å². The minimum Gasteiger partial charge on any atom is -0.466 e. The van der Waals surface area contributed by atoms with Crippen molar-refractivity contribution >= 4 is 39.4 Å². The van der Waals surface area contributed by atoms with Crippen LogP contribution in [0.2, 0.25) is 0 Å². The van der Waals surface area contributed by atoms with Gasteiger partial charge >= 0.3 is 11.9 Å². The average Bonchev–Trinajstić information content (AvgIpc) is 3.38. The summed E-state index contributed by atoms with van der Waals surface area (Å²) in [5, 5.41) is 0.451. The summed E-state index contributed by atoms with van der Waals surface area (Å²) in [6, 6.07) is 0. The fourth-order valence-electron chi connectivity index (χ4n) is 4.39. The number of fused-ring (bicyclic) bond motifs is 2. The SMILES string of the molecule is CCOC(=O)C1CCN(C(=O)[C@H](C)OC(=O)c2sc3nc4n(c(=O)c3c2C)CCC4)CC1. The average molecular weight is 462 g/mol. The van der Waals surface area contributed by atoms with Crippen molar-refractivity contribution < 1.29 is 23.9 Å². The Morgan fingerprint density at radius 2 is 1.94 bits per heavy atom. The molecule has 0 N–H and O–H groups in total. The molecule has 2 aromatic rings. The molecule has 0 bridgehead atoms. The lowest BCUT2D eigenvalue weighted by molar-refractivity contribution is -0.152. The highest BCUT2D eigenvalue weighted by Gasteiger charge is 2.32. The summed E-state index contributed by atoms with van der Waals surface area (Å²) in [6.07, 6.45) is 1.73. The highest BCUT2D eigenvalue weighted by Crippen LogP contribution is 2.29. The number of amides is 1. The second-order valence-electron chi connectivity index (χ2n) is 8.22. The van der Waals surface area contributed by atoms with Gasteiger partial charge in [0.1, 0.15) is 15.5 Å². The highest BCUT2D eigenvalue weighted by molar-refractivity contribution is 7.20. The Morgan fingerprint density at radius 1 is 1.22 bits per heavy atom. The molecule has 1 amide bonds. The molecule has 0 spiro atoms. The maximum Gasteiger partial charge on any atom is 0.349 e. The molecule has 2 aliphatic rings. The van der Waals surface area contributed by atoms with E-state index in [1.807, 2.05) is 0 Å². The molecule has 4 heterocycles. The van der Waals surface area contributed by atoms with Gasteiger partial charge in [0.15, 0.2) is 6.10 Å². The third-order valence-electron chi connectivity index (χ3n) is 6.16. The van der Waals surface area contributed by atoms with Crippen LogP contribution in [0.25, 0.3) is 10.2 Å². The molecule has 0 aliphatic carbocycles. The molecule has 172 valence electrons. The van der Waals surface area contributed by atoms with Crippen molar-refractivity contribution in [3.8, 4) is 0 Å². The van der Waals surface area contributed by atoms with E-state index >= 15 is 0 Å². The number of carbonyl (C=O) groups excluding carboxylic acids is 3. The maximum absolute atomic E-state index is 12.8. The fraction of sp³-hybridized carbons (Fsp3) is 0.591. The fourth-order valence-corrected chi connectivity index (χ4v) is 5.46. The summed E-state index contributed by atoms with van der Waals surface area (Å²) in [7, 11) is 0. The Balaban J connectivity index is 1.43. The van der Waals surface area contributed by atoms with Crippen molar-refractivity contribution in [3.63, 3.8) is 0 Å². The van der Waals surface area contributed by atoms with Crippen molar-refractivity contribution in [1.29, 1.82) is 0 Å². The van der Waals surface area contributed by atoms with Crippen molar-refractivity contribution in [3.05, 3.63) is 26.6 Å². The molecule has 0 aromatic carbocycles. The number of aryl methyl sites for hydroxylation is 2. The van der Waals surface area contributed by atoms with Crippen molar-refractivity contribution in [1.82, 2.24) is 14.5 Å². The number of rotatable bonds is 5. The number of nitrogens with zero attached hydrogens (tertiary/aromatic N) is 3.